The number of rotatable bonds is 4. The summed E-state index contributed by atoms with van der Waals surface area (Å²) in [7, 11) is 0. The summed E-state index contributed by atoms with van der Waals surface area (Å²) in [6, 6.07) is 0. The van der Waals surface area contributed by atoms with Crippen molar-refractivity contribution in [1.82, 2.24) is 0 Å². The van der Waals surface area contributed by atoms with Crippen LogP contribution in [0, 0.1) is 5.41 Å². The van der Waals surface area contributed by atoms with Crippen molar-refractivity contribution in [3.05, 3.63) is 0 Å². The molecule has 0 atom stereocenters. The molecule has 0 heterocycles. The molecule has 0 N–H and O–H groups in total. The Morgan fingerprint density at radius 3 is 1.27 bits per heavy atom. The molecule has 0 bridgehead atoms. The molecule has 0 aromatic heterocycles. The molecule has 92 valence electrons. The lowest BCUT2D eigenvalue weighted by Gasteiger charge is -2.42. The van der Waals surface area contributed by atoms with E-state index in [2.05, 4.69) is 0 Å². The second kappa shape index (κ2) is 3.59. The summed E-state index contributed by atoms with van der Waals surface area (Å²) >= 11 is 0. The van der Waals surface area contributed by atoms with Crippen LogP contribution in [-0.4, -0.2) is 17.5 Å². The molecule has 5 heteroatoms. The Kier molecular flexibility index (Phi) is 3.51. The lowest BCUT2D eigenvalue weighted by Crippen LogP contribution is -2.59. The molecule has 0 aliphatic carbocycles. The topological polar surface area (TPSA) is 0 Å². The lowest BCUT2D eigenvalue weighted by atomic mass is 9.76. The molecule has 0 aliphatic heterocycles. The van der Waals surface area contributed by atoms with Gasteiger partial charge in [-0.1, -0.05) is 20.8 Å². The minimum Gasteiger partial charge on any atom is -0.238 e. The van der Waals surface area contributed by atoms with Crippen molar-refractivity contribution in [2.75, 3.05) is 0 Å². The molecule has 0 nitrogen and oxygen atoms in total. The molecule has 0 amide bonds. The van der Waals surface area contributed by atoms with Crippen LogP contribution in [-0.2, 0) is 0 Å². The van der Waals surface area contributed by atoms with Gasteiger partial charge in [-0.05, 0) is 20.3 Å². The first kappa shape index (κ1) is 14.6. The average molecular weight is 232 g/mol. The number of alkyl halides is 5. The summed E-state index contributed by atoms with van der Waals surface area (Å²) in [5.74, 6) is -9.06. The maximum absolute atomic E-state index is 13.5. The molecule has 0 aliphatic rings. The van der Waals surface area contributed by atoms with Gasteiger partial charge in [0.25, 0.3) is 0 Å². The molecule has 0 radical (unpaired) electrons. The summed E-state index contributed by atoms with van der Waals surface area (Å²) in [5.41, 5.74) is -5.19. The van der Waals surface area contributed by atoms with E-state index >= 15 is 0 Å². The zero-order valence-corrected chi connectivity index (χ0v) is 9.60. The first-order valence-electron chi connectivity index (χ1n) is 4.76. The van der Waals surface area contributed by atoms with Gasteiger partial charge in [-0.25, -0.2) is 4.39 Å². The first-order chi connectivity index (χ1) is 6.31. The van der Waals surface area contributed by atoms with Gasteiger partial charge in [0.05, 0.1) is 0 Å². The van der Waals surface area contributed by atoms with Crippen LogP contribution in [0.15, 0.2) is 0 Å². The lowest BCUT2D eigenvalue weighted by molar-refractivity contribution is -0.303. The fraction of sp³-hybridized carbons (Fsp3) is 1.00. The zero-order chi connectivity index (χ0) is 12.7. The first-order valence-corrected chi connectivity index (χ1v) is 4.76. The van der Waals surface area contributed by atoms with Crippen LogP contribution in [0.1, 0.15) is 41.0 Å². The van der Waals surface area contributed by atoms with Crippen molar-refractivity contribution >= 4 is 0 Å². The Hall–Kier alpha value is -0.350. The van der Waals surface area contributed by atoms with E-state index < -0.39 is 22.9 Å². The summed E-state index contributed by atoms with van der Waals surface area (Å²) in [5, 5.41) is 0. The van der Waals surface area contributed by atoms with Gasteiger partial charge in [0.1, 0.15) is 0 Å². The van der Waals surface area contributed by atoms with E-state index in [0.717, 1.165) is 13.8 Å². The van der Waals surface area contributed by atoms with Crippen LogP contribution in [0.4, 0.5) is 22.0 Å². The SMILES string of the molecule is CCC(C)(C)C(F)(F)C(F)(F)C(C)(C)F. The minimum absolute atomic E-state index is 0.161. The maximum Gasteiger partial charge on any atom is 0.343 e. The molecule has 0 aromatic carbocycles. The smallest absolute Gasteiger partial charge is 0.238 e. The third-order valence-corrected chi connectivity index (χ3v) is 2.87. The Morgan fingerprint density at radius 2 is 1.07 bits per heavy atom. The van der Waals surface area contributed by atoms with Crippen LogP contribution in [0.5, 0.6) is 0 Å². The van der Waals surface area contributed by atoms with Gasteiger partial charge >= 0.3 is 11.8 Å². The highest BCUT2D eigenvalue weighted by atomic mass is 19.3. The summed E-state index contributed by atoms with van der Waals surface area (Å²) in [6.45, 7) is 4.31. The predicted octanol–water partition coefficient (Wildman–Crippen LogP) is 4.44. The van der Waals surface area contributed by atoms with E-state index in [1.54, 1.807) is 0 Å². The van der Waals surface area contributed by atoms with Crippen LogP contribution in [0.3, 0.4) is 0 Å². The third kappa shape index (κ3) is 2.11. The van der Waals surface area contributed by atoms with Crippen molar-refractivity contribution in [2.24, 2.45) is 5.41 Å². The van der Waals surface area contributed by atoms with Crippen molar-refractivity contribution in [3.8, 4) is 0 Å². The molecule has 0 rings (SSSR count). The molecule has 0 saturated carbocycles. The van der Waals surface area contributed by atoms with Gasteiger partial charge in [-0.2, -0.15) is 17.6 Å². The van der Waals surface area contributed by atoms with Crippen LogP contribution < -0.4 is 0 Å². The zero-order valence-electron chi connectivity index (χ0n) is 9.60. The van der Waals surface area contributed by atoms with Gasteiger partial charge in [0, 0.05) is 5.41 Å². The van der Waals surface area contributed by atoms with Gasteiger partial charge in [0.2, 0.25) is 0 Å². The molecule has 0 saturated heterocycles. The van der Waals surface area contributed by atoms with E-state index in [0.29, 0.717) is 13.8 Å². The van der Waals surface area contributed by atoms with Gasteiger partial charge < -0.3 is 0 Å². The Morgan fingerprint density at radius 1 is 0.733 bits per heavy atom. The van der Waals surface area contributed by atoms with E-state index in [1.807, 2.05) is 0 Å². The van der Waals surface area contributed by atoms with Gasteiger partial charge in [-0.3, -0.25) is 0 Å². The van der Waals surface area contributed by atoms with Crippen molar-refractivity contribution in [1.29, 1.82) is 0 Å². The largest absolute Gasteiger partial charge is 0.343 e. The molecule has 15 heavy (non-hydrogen) atoms. The predicted molar refractivity (Wildman–Crippen MR) is 49.2 cm³/mol. The second-order valence-electron chi connectivity index (χ2n) is 4.86. The van der Waals surface area contributed by atoms with E-state index in [4.69, 9.17) is 0 Å². The molecule has 0 fully saturated rings. The van der Waals surface area contributed by atoms with E-state index in [9.17, 15) is 22.0 Å². The van der Waals surface area contributed by atoms with E-state index in [1.165, 1.54) is 6.92 Å². The standard InChI is InChI=1S/C10H17F5/c1-6-7(2,3)9(12,13)10(14,15)8(4,5)11/h6H2,1-5H3. The number of hydrogen-bond acceptors (Lipinski definition) is 0. The van der Waals surface area contributed by atoms with Crippen molar-refractivity contribution in [2.45, 2.75) is 58.6 Å². The molecular formula is C10H17F5. The highest BCUT2D eigenvalue weighted by molar-refractivity contribution is 5.03. The Labute approximate surface area is 86.9 Å². The number of hydrogen-bond donors (Lipinski definition) is 0. The highest BCUT2D eigenvalue weighted by Crippen LogP contribution is 2.53. The third-order valence-electron chi connectivity index (χ3n) is 2.87. The van der Waals surface area contributed by atoms with Gasteiger partial charge in [0.15, 0.2) is 5.67 Å². The quantitative estimate of drug-likeness (QED) is 0.628. The fourth-order valence-corrected chi connectivity index (χ4v) is 1.02. The van der Waals surface area contributed by atoms with Crippen LogP contribution >= 0.6 is 0 Å². The monoisotopic (exact) mass is 232 g/mol. The molecule has 0 unspecified atom stereocenters. The van der Waals surface area contributed by atoms with Crippen molar-refractivity contribution in [3.63, 3.8) is 0 Å². The number of halogens is 5. The minimum atomic E-state index is -4.68. The Balaban J connectivity index is 5.38. The maximum atomic E-state index is 13.5. The van der Waals surface area contributed by atoms with Crippen LogP contribution in [0.2, 0.25) is 0 Å². The fourth-order valence-electron chi connectivity index (χ4n) is 1.02. The second-order valence-corrected chi connectivity index (χ2v) is 4.86. The molecule has 0 spiro atoms. The van der Waals surface area contributed by atoms with Crippen molar-refractivity contribution < 1.29 is 22.0 Å². The normalized spacial score (nSPS) is 15.6. The summed E-state index contributed by atoms with van der Waals surface area (Å²) in [4.78, 5) is 0. The van der Waals surface area contributed by atoms with Gasteiger partial charge in [-0.15, -0.1) is 0 Å². The summed E-state index contributed by atoms with van der Waals surface area (Å²) < 4.78 is 66.6. The highest BCUT2D eigenvalue weighted by Gasteiger charge is 2.70. The van der Waals surface area contributed by atoms with E-state index in [-0.39, 0.29) is 6.42 Å². The molecular weight excluding hydrogens is 215 g/mol. The Bertz CT molecular complexity index is 224. The van der Waals surface area contributed by atoms with Crippen LogP contribution in [0.25, 0.3) is 0 Å². The summed E-state index contributed by atoms with van der Waals surface area (Å²) in [6.07, 6.45) is -0.161. The average Bonchev–Trinajstić information content (AvgIpc) is 2.01. The molecule has 0 aromatic rings.